The minimum absolute atomic E-state index is 0.00347. The molecular formula is C29H35Cl2N5O5. The van der Waals surface area contributed by atoms with E-state index in [4.69, 9.17) is 37.4 Å². The van der Waals surface area contributed by atoms with E-state index in [1.54, 1.807) is 52.0 Å². The molecule has 1 heterocycles. The normalized spacial score (nSPS) is 18.6. The van der Waals surface area contributed by atoms with E-state index in [1.165, 1.54) is 14.2 Å². The van der Waals surface area contributed by atoms with Crippen LogP contribution in [0.15, 0.2) is 30.5 Å². The summed E-state index contributed by atoms with van der Waals surface area (Å²) in [6.45, 7) is 5.41. The topological polar surface area (TPSA) is 115 Å². The summed E-state index contributed by atoms with van der Waals surface area (Å²) in [6.07, 6.45) is 2.13. The second-order valence-corrected chi connectivity index (χ2v) is 11.9. The minimum Gasteiger partial charge on any atom is -0.495 e. The Morgan fingerprint density at radius 1 is 1.00 bits per heavy atom. The molecule has 2 aromatic carbocycles. The van der Waals surface area contributed by atoms with Crippen LogP contribution in [0, 0.1) is 5.92 Å². The minimum atomic E-state index is -0.644. The molecular weight excluding hydrogens is 569 g/mol. The zero-order chi connectivity index (χ0) is 30.1. The van der Waals surface area contributed by atoms with Crippen molar-refractivity contribution in [3.05, 3.63) is 40.5 Å². The Hall–Kier alpha value is -3.50. The summed E-state index contributed by atoms with van der Waals surface area (Å²) in [7, 11) is 6.50. The van der Waals surface area contributed by atoms with E-state index in [0.29, 0.717) is 51.4 Å². The zero-order valence-electron chi connectivity index (χ0n) is 24.2. The Labute approximate surface area is 249 Å². The maximum atomic E-state index is 12.7. The molecule has 3 aromatic rings. The van der Waals surface area contributed by atoms with Gasteiger partial charge < -0.3 is 29.7 Å². The third-order valence-corrected chi connectivity index (χ3v) is 7.56. The van der Waals surface area contributed by atoms with Gasteiger partial charge in [0.1, 0.15) is 17.1 Å². The Morgan fingerprint density at radius 2 is 1.63 bits per heavy atom. The van der Waals surface area contributed by atoms with Crippen LogP contribution in [0.3, 0.4) is 0 Å². The summed E-state index contributed by atoms with van der Waals surface area (Å²) in [5.41, 5.74) is 1.36. The summed E-state index contributed by atoms with van der Waals surface area (Å²) in [4.78, 5) is 36.1. The van der Waals surface area contributed by atoms with Gasteiger partial charge >= 0.3 is 6.09 Å². The Balaban J connectivity index is 1.60. The summed E-state index contributed by atoms with van der Waals surface area (Å²) in [5, 5.41) is 7.75. The first-order chi connectivity index (χ1) is 19.3. The lowest BCUT2D eigenvalue weighted by Crippen LogP contribution is -2.45. The molecule has 0 spiro atoms. The number of hydrogen-bond donors (Lipinski definition) is 2. The van der Waals surface area contributed by atoms with E-state index in [-0.39, 0.29) is 23.9 Å². The number of anilines is 1. The number of rotatable bonds is 7. The number of carbonyl (C=O) groups excluding carboxylic acids is 2. The first-order valence-electron chi connectivity index (χ1n) is 13.2. The number of aromatic nitrogens is 2. The molecule has 2 N–H and O–H groups in total. The molecule has 0 bridgehead atoms. The maximum Gasteiger partial charge on any atom is 0.407 e. The molecule has 0 radical (unpaired) electrons. The molecule has 10 nitrogen and oxygen atoms in total. The van der Waals surface area contributed by atoms with Crippen LogP contribution in [0.2, 0.25) is 10.0 Å². The van der Waals surface area contributed by atoms with Gasteiger partial charge in [-0.15, -0.1) is 0 Å². The molecule has 0 aliphatic heterocycles. The molecule has 1 aliphatic rings. The molecule has 12 heteroatoms. The zero-order valence-corrected chi connectivity index (χ0v) is 25.7. The van der Waals surface area contributed by atoms with Gasteiger partial charge in [-0.05, 0) is 51.3 Å². The van der Waals surface area contributed by atoms with Gasteiger partial charge in [-0.3, -0.25) is 4.79 Å². The molecule has 1 aliphatic carbocycles. The van der Waals surface area contributed by atoms with Crippen LogP contribution < -0.4 is 20.1 Å². The smallest absolute Gasteiger partial charge is 0.407 e. The van der Waals surface area contributed by atoms with Crippen molar-refractivity contribution in [1.29, 1.82) is 0 Å². The standard InChI is InChI=1S/C29H35Cl2N5O5/c1-29(2,3)41-28(38)35-20-12-16(26(37)36(4)5)11-19(20)34-27-32-14-17-10-15(8-9-18(17)33-27)23-24(30)21(39-6)13-22(40-7)25(23)31/h8-10,13-14,16,19-20H,11-12H2,1-7H3,(H,35,38)(H,32,33,34)/t16-,19?,20?/m1/s1. The quantitative estimate of drug-likeness (QED) is 0.348. The van der Waals surface area contributed by atoms with E-state index < -0.39 is 11.7 Å². The Bertz CT molecular complexity index is 1430. The lowest BCUT2D eigenvalue weighted by Gasteiger charge is -2.25. The highest BCUT2D eigenvalue weighted by molar-refractivity contribution is 6.41. The molecule has 0 saturated heterocycles. The third-order valence-electron chi connectivity index (χ3n) is 6.81. The monoisotopic (exact) mass is 603 g/mol. The number of carbonyl (C=O) groups is 2. The molecule has 1 fully saturated rings. The van der Waals surface area contributed by atoms with Gasteiger partial charge in [0.25, 0.3) is 0 Å². The number of fused-ring (bicyclic) bond motifs is 1. The highest BCUT2D eigenvalue weighted by atomic mass is 35.5. The van der Waals surface area contributed by atoms with Crippen molar-refractivity contribution >= 4 is 52.1 Å². The molecule has 2 amide bonds. The average Bonchev–Trinajstić information content (AvgIpc) is 3.28. The number of amides is 2. The molecule has 3 atom stereocenters. The van der Waals surface area contributed by atoms with Crippen molar-refractivity contribution in [2.75, 3.05) is 33.6 Å². The number of nitrogens with one attached hydrogen (secondary N) is 2. The van der Waals surface area contributed by atoms with Crippen molar-refractivity contribution in [2.45, 2.75) is 51.3 Å². The largest absolute Gasteiger partial charge is 0.495 e. The Morgan fingerprint density at radius 3 is 2.22 bits per heavy atom. The number of methoxy groups -OCH3 is 2. The number of alkyl carbamates (subject to hydrolysis) is 1. The number of benzene rings is 2. The van der Waals surface area contributed by atoms with Crippen molar-refractivity contribution in [3.63, 3.8) is 0 Å². The second kappa shape index (κ2) is 12.2. The van der Waals surface area contributed by atoms with E-state index in [1.807, 2.05) is 18.2 Å². The van der Waals surface area contributed by atoms with Crippen LogP contribution in [0.5, 0.6) is 11.5 Å². The van der Waals surface area contributed by atoms with Crippen LogP contribution >= 0.6 is 23.2 Å². The molecule has 220 valence electrons. The van der Waals surface area contributed by atoms with Gasteiger partial charge in [-0.25, -0.2) is 14.8 Å². The average molecular weight is 605 g/mol. The summed E-state index contributed by atoms with van der Waals surface area (Å²) in [6, 6.07) is 6.60. The number of halogens is 2. The molecule has 1 aromatic heterocycles. The molecule has 1 saturated carbocycles. The fraction of sp³-hybridized carbons (Fsp3) is 0.448. The predicted molar refractivity (Wildman–Crippen MR) is 160 cm³/mol. The maximum absolute atomic E-state index is 12.7. The lowest BCUT2D eigenvalue weighted by atomic mass is 10.0. The van der Waals surface area contributed by atoms with Crippen molar-refractivity contribution < 1.29 is 23.8 Å². The SMILES string of the molecule is COc1cc(OC)c(Cl)c(-c2ccc3nc(NC4C[C@@H](C(=O)N(C)C)CC4NC(=O)OC(C)(C)C)ncc3c2)c1Cl. The molecule has 4 rings (SSSR count). The van der Waals surface area contributed by atoms with E-state index in [0.717, 1.165) is 10.9 Å². The van der Waals surface area contributed by atoms with Gasteiger partial charge in [-0.2, -0.15) is 0 Å². The van der Waals surface area contributed by atoms with Gasteiger partial charge in [0, 0.05) is 43.2 Å². The van der Waals surface area contributed by atoms with Gasteiger partial charge in [0.05, 0.1) is 41.9 Å². The van der Waals surface area contributed by atoms with Crippen LogP contribution in [0.1, 0.15) is 33.6 Å². The fourth-order valence-corrected chi connectivity index (χ4v) is 5.66. The summed E-state index contributed by atoms with van der Waals surface area (Å²) >= 11 is 13.2. The number of ether oxygens (including phenoxy) is 3. The van der Waals surface area contributed by atoms with Gasteiger partial charge in [-0.1, -0.05) is 29.3 Å². The van der Waals surface area contributed by atoms with Crippen LogP contribution in [-0.2, 0) is 9.53 Å². The summed E-state index contributed by atoms with van der Waals surface area (Å²) < 4.78 is 16.3. The Kier molecular flexibility index (Phi) is 9.03. The second-order valence-electron chi connectivity index (χ2n) is 11.2. The molecule has 41 heavy (non-hydrogen) atoms. The van der Waals surface area contributed by atoms with Crippen LogP contribution in [0.25, 0.3) is 22.0 Å². The number of nitrogens with zero attached hydrogens (tertiary/aromatic N) is 3. The van der Waals surface area contributed by atoms with E-state index >= 15 is 0 Å². The first-order valence-corrected chi connectivity index (χ1v) is 13.9. The van der Waals surface area contributed by atoms with Gasteiger partial charge in [0.2, 0.25) is 11.9 Å². The van der Waals surface area contributed by atoms with E-state index in [9.17, 15) is 9.59 Å². The fourth-order valence-electron chi connectivity index (χ4n) is 4.95. The van der Waals surface area contributed by atoms with Crippen LogP contribution in [-0.4, -0.2) is 72.9 Å². The first kappa shape index (κ1) is 30.5. The third kappa shape index (κ3) is 6.87. The van der Waals surface area contributed by atoms with E-state index in [2.05, 4.69) is 20.6 Å². The van der Waals surface area contributed by atoms with Crippen molar-refractivity contribution in [3.8, 4) is 22.6 Å². The van der Waals surface area contributed by atoms with Crippen molar-refractivity contribution in [2.24, 2.45) is 5.92 Å². The summed E-state index contributed by atoms with van der Waals surface area (Å²) in [5.74, 6) is 0.999. The van der Waals surface area contributed by atoms with Crippen molar-refractivity contribution in [1.82, 2.24) is 20.2 Å². The lowest BCUT2D eigenvalue weighted by molar-refractivity contribution is -0.132. The van der Waals surface area contributed by atoms with Crippen LogP contribution in [0.4, 0.5) is 10.7 Å². The molecule has 2 unspecified atom stereocenters. The highest BCUT2D eigenvalue weighted by Crippen LogP contribution is 2.46. The van der Waals surface area contributed by atoms with Gasteiger partial charge in [0.15, 0.2) is 0 Å². The highest BCUT2D eigenvalue weighted by Gasteiger charge is 2.40. The number of hydrogen-bond acceptors (Lipinski definition) is 8. The predicted octanol–water partition coefficient (Wildman–Crippen LogP) is 5.79.